The van der Waals surface area contributed by atoms with Crippen LogP contribution in [0, 0.1) is 12.7 Å². The van der Waals surface area contributed by atoms with Crippen molar-refractivity contribution in [1.82, 2.24) is 0 Å². The van der Waals surface area contributed by atoms with Crippen LogP contribution in [0.15, 0.2) is 42.5 Å². The van der Waals surface area contributed by atoms with Crippen LogP contribution < -0.4 is 10.6 Å². The maximum absolute atomic E-state index is 13.5. The fourth-order valence-corrected chi connectivity index (χ4v) is 3.02. The van der Waals surface area contributed by atoms with Gasteiger partial charge in [0.15, 0.2) is 0 Å². The van der Waals surface area contributed by atoms with E-state index in [0.29, 0.717) is 6.54 Å². The molecule has 0 aliphatic carbocycles. The summed E-state index contributed by atoms with van der Waals surface area (Å²) in [7, 11) is 0. The Hall–Kier alpha value is -1.87. The number of benzene rings is 2. The molecule has 2 nitrogen and oxygen atoms in total. The summed E-state index contributed by atoms with van der Waals surface area (Å²) < 4.78 is 13.5. The molecule has 0 saturated heterocycles. The Balaban J connectivity index is 1.98. The van der Waals surface area contributed by atoms with Gasteiger partial charge in [-0.25, -0.2) is 4.39 Å². The van der Waals surface area contributed by atoms with Gasteiger partial charge in [-0.1, -0.05) is 35.9 Å². The fraction of sp³-hybridized carbons (Fsp3) is 0.294. The molecule has 0 fully saturated rings. The van der Waals surface area contributed by atoms with Crippen LogP contribution >= 0.6 is 0 Å². The SMILES string of the molecule is Cc1cccc(C(CN)N2CCc3ccc(F)cc32)c1. The maximum Gasteiger partial charge on any atom is 0.125 e. The molecule has 0 spiro atoms. The Morgan fingerprint density at radius 2 is 2.10 bits per heavy atom. The Morgan fingerprint density at radius 1 is 1.25 bits per heavy atom. The third-order valence-electron chi connectivity index (χ3n) is 4.01. The van der Waals surface area contributed by atoms with Crippen molar-refractivity contribution in [3.63, 3.8) is 0 Å². The number of halogens is 1. The normalized spacial score (nSPS) is 15.2. The van der Waals surface area contributed by atoms with Crippen molar-refractivity contribution in [3.05, 3.63) is 65.0 Å². The first kappa shape index (κ1) is 13.1. The molecule has 0 bridgehead atoms. The highest BCUT2D eigenvalue weighted by molar-refractivity contribution is 5.60. The molecule has 0 aromatic heterocycles. The zero-order valence-corrected chi connectivity index (χ0v) is 11.6. The van der Waals surface area contributed by atoms with E-state index in [-0.39, 0.29) is 11.9 Å². The molecule has 104 valence electrons. The number of hydrogen-bond donors (Lipinski definition) is 1. The lowest BCUT2D eigenvalue weighted by atomic mass is 10.0. The minimum Gasteiger partial charge on any atom is -0.363 e. The molecule has 20 heavy (non-hydrogen) atoms. The maximum atomic E-state index is 13.5. The minimum atomic E-state index is -0.185. The Kier molecular flexibility index (Phi) is 3.45. The van der Waals surface area contributed by atoms with Crippen LogP contribution in [0.5, 0.6) is 0 Å². The molecule has 0 amide bonds. The second kappa shape index (κ2) is 5.25. The molecule has 1 heterocycles. The lowest BCUT2D eigenvalue weighted by Gasteiger charge is -2.30. The molecule has 3 heteroatoms. The van der Waals surface area contributed by atoms with Gasteiger partial charge in [0.1, 0.15) is 5.82 Å². The van der Waals surface area contributed by atoms with E-state index < -0.39 is 0 Å². The second-order valence-corrected chi connectivity index (χ2v) is 5.38. The van der Waals surface area contributed by atoms with Crippen molar-refractivity contribution in [2.24, 2.45) is 5.73 Å². The standard InChI is InChI=1S/C17H19FN2/c1-12-3-2-4-14(9-12)17(11-19)20-8-7-13-5-6-15(18)10-16(13)20/h2-6,9-10,17H,7-8,11,19H2,1H3. The monoisotopic (exact) mass is 270 g/mol. The van der Waals surface area contributed by atoms with Gasteiger partial charge in [-0.15, -0.1) is 0 Å². The summed E-state index contributed by atoms with van der Waals surface area (Å²) in [6.07, 6.45) is 0.956. The van der Waals surface area contributed by atoms with Gasteiger partial charge in [0.25, 0.3) is 0 Å². The number of rotatable bonds is 3. The molecule has 1 aliphatic rings. The number of nitrogens with zero attached hydrogens (tertiary/aromatic N) is 1. The zero-order chi connectivity index (χ0) is 14.1. The fourth-order valence-electron chi connectivity index (χ4n) is 3.02. The lowest BCUT2D eigenvalue weighted by molar-refractivity contribution is 0.621. The summed E-state index contributed by atoms with van der Waals surface area (Å²) >= 11 is 0. The summed E-state index contributed by atoms with van der Waals surface area (Å²) in [6, 6.07) is 13.5. The van der Waals surface area contributed by atoms with Gasteiger partial charge >= 0.3 is 0 Å². The third-order valence-corrected chi connectivity index (χ3v) is 4.01. The van der Waals surface area contributed by atoms with E-state index in [4.69, 9.17) is 5.73 Å². The predicted octanol–water partition coefficient (Wildman–Crippen LogP) is 3.20. The van der Waals surface area contributed by atoms with Crippen molar-refractivity contribution >= 4 is 5.69 Å². The van der Waals surface area contributed by atoms with Gasteiger partial charge in [0, 0.05) is 18.8 Å². The van der Waals surface area contributed by atoms with Gasteiger partial charge in [0.05, 0.1) is 6.04 Å². The van der Waals surface area contributed by atoms with Crippen LogP contribution in [0.1, 0.15) is 22.7 Å². The average Bonchev–Trinajstić information content (AvgIpc) is 2.83. The Bertz CT molecular complexity index is 624. The van der Waals surface area contributed by atoms with E-state index in [0.717, 1.165) is 18.7 Å². The summed E-state index contributed by atoms with van der Waals surface area (Å²) in [6.45, 7) is 3.50. The summed E-state index contributed by atoms with van der Waals surface area (Å²) in [4.78, 5) is 2.23. The van der Waals surface area contributed by atoms with Crippen LogP contribution in [-0.2, 0) is 6.42 Å². The molecule has 2 N–H and O–H groups in total. The van der Waals surface area contributed by atoms with Crippen LogP contribution in [0.3, 0.4) is 0 Å². The number of anilines is 1. The first-order chi connectivity index (χ1) is 9.69. The molecule has 0 saturated carbocycles. The van der Waals surface area contributed by atoms with Crippen LogP contribution in [0.25, 0.3) is 0 Å². The summed E-state index contributed by atoms with van der Waals surface area (Å²) in [5.41, 5.74) is 10.6. The topological polar surface area (TPSA) is 29.3 Å². The van der Waals surface area contributed by atoms with Gasteiger partial charge in [-0.05, 0) is 36.6 Å². The molecule has 1 aliphatic heterocycles. The van der Waals surface area contributed by atoms with E-state index in [1.165, 1.54) is 22.8 Å². The molecule has 2 aromatic carbocycles. The highest BCUT2D eigenvalue weighted by Gasteiger charge is 2.26. The molecule has 2 aromatic rings. The molecular formula is C17H19FN2. The van der Waals surface area contributed by atoms with Crippen molar-refractivity contribution < 1.29 is 4.39 Å². The predicted molar refractivity (Wildman–Crippen MR) is 80.4 cm³/mol. The van der Waals surface area contributed by atoms with E-state index in [2.05, 4.69) is 36.1 Å². The largest absolute Gasteiger partial charge is 0.363 e. The Labute approximate surface area is 119 Å². The molecule has 1 unspecified atom stereocenters. The smallest absolute Gasteiger partial charge is 0.125 e. The van der Waals surface area contributed by atoms with E-state index in [1.54, 1.807) is 6.07 Å². The molecule has 1 atom stereocenters. The van der Waals surface area contributed by atoms with E-state index >= 15 is 0 Å². The van der Waals surface area contributed by atoms with Crippen molar-refractivity contribution in [2.75, 3.05) is 18.0 Å². The van der Waals surface area contributed by atoms with E-state index in [1.807, 2.05) is 6.07 Å². The first-order valence-corrected chi connectivity index (χ1v) is 7.01. The lowest BCUT2D eigenvalue weighted by Crippen LogP contribution is -2.32. The van der Waals surface area contributed by atoms with Crippen molar-refractivity contribution in [2.45, 2.75) is 19.4 Å². The zero-order valence-electron chi connectivity index (χ0n) is 11.6. The van der Waals surface area contributed by atoms with Crippen molar-refractivity contribution in [1.29, 1.82) is 0 Å². The van der Waals surface area contributed by atoms with Crippen LogP contribution in [-0.4, -0.2) is 13.1 Å². The van der Waals surface area contributed by atoms with Gasteiger partial charge < -0.3 is 10.6 Å². The quantitative estimate of drug-likeness (QED) is 0.928. The number of nitrogens with two attached hydrogens (primary N) is 1. The Morgan fingerprint density at radius 3 is 2.85 bits per heavy atom. The van der Waals surface area contributed by atoms with Crippen LogP contribution in [0.2, 0.25) is 0 Å². The number of hydrogen-bond acceptors (Lipinski definition) is 2. The van der Waals surface area contributed by atoms with Crippen molar-refractivity contribution in [3.8, 4) is 0 Å². The van der Waals surface area contributed by atoms with Gasteiger partial charge in [0.2, 0.25) is 0 Å². The molecular weight excluding hydrogens is 251 g/mol. The molecule has 3 rings (SSSR count). The first-order valence-electron chi connectivity index (χ1n) is 7.01. The number of aryl methyl sites for hydroxylation is 1. The molecule has 0 radical (unpaired) electrons. The van der Waals surface area contributed by atoms with Gasteiger partial charge in [-0.3, -0.25) is 0 Å². The second-order valence-electron chi connectivity index (χ2n) is 5.38. The van der Waals surface area contributed by atoms with E-state index in [9.17, 15) is 4.39 Å². The summed E-state index contributed by atoms with van der Waals surface area (Å²) in [5.74, 6) is -0.185. The highest BCUT2D eigenvalue weighted by atomic mass is 19.1. The average molecular weight is 270 g/mol. The summed E-state index contributed by atoms with van der Waals surface area (Å²) in [5, 5.41) is 0. The number of fused-ring (bicyclic) bond motifs is 1. The van der Waals surface area contributed by atoms with Gasteiger partial charge in [-0.2, -0.15) is 0 Å². The van der Waals surface area contributed by atoms with Crippen LogP contribution in [0.4, 0.5) is 10.1 Å². The minimum absolute atomic E-state index is 0.109. The highest BCUT2D eigenvalue weighted by Crippen LogP contribution is 2.35. The third kappa shape index (κ3) is 2.29.